The number of anilines is 1. The summed E-state index contributed by atoms with van der Waals surface area (Å²) in [6.45, 7) is 13.1. The van der Waals surface area contributed by atoms with Gasteiger partial charge in [0.1, 0.15) is 6.10 Å². The third kappa shape index (κ3) is 4.69. The van der Waals surface area contributed by atoms with Crippen molar-refractivity contribution in [2.75, 3.05) is 18.5 Å². The number of hydrogen-bond donors (Lipinski definition) is 2. The molecule has 0 spiro atoms. The molecule has 0 radical (unpaired) electrons. The molecule has 0 aliphatic carbocycles. The van der Waals surface area contributed by atoms with Crippen molar-refractivity contribution in [3.63, 3.8) is 0 Å². The van der Waals surface area contributed by atoms with Crippen LogP contribution in [0.15, 0.2) is 18.2 Å². The van der Waals surface area contributed by atoms with Crippen LogP contribution in [0.5, 0.6) is 0 Å². The summed E-state index contributed by atoms with van der Waals surface area (Å²) in [5.74, 6) is -0.571. The van der Waals surface area contributed by atoms with Crippen LogP contribution in [-0.4, -0.2) is 31.1 Å². The second-order valence-electron chi connectivity index (χ2n) is 7.53. The number of benzene rings is 1. The first kappa shape index (κ1) is 17.8. The zero-order valence-corrected chi connectivity index (χ0v) is 14.9. The van der Waals surface area contributed by atoms with E-state index in [1.807, 2.05) is 32.9 Å². The van der Waals surface area contributed by atoms with E-state index in [0.717, 1.165) is 16.8 Å². The molecule has 1 aliphatic rings. The molecule has 0 bridgehead atoms. The van der Waals surface area contributed by atoms with E-state index in [2.05, 4.69) is 37.5 Å². The Morgan fingerprint density at radius 3 is 2.61 bits per heavy atom. The van der Waals surface area contributed by atoms with Crippen LogP contribution in [0.4, 0.5) is 10.5 Å². The fraction of sp³-hybridized carbons (Fsp3) is 0.611. The molecule has 5 nitrogen and oxygen atoms in total. The number of rotatable bonds is 3. The number of para-hydroxylation sites is 1. The maximum atomic E-state index is 12.2. The Morgan fingerprint density at radius 2 is 2.04 bits per heavy atom. The highest BCUT2D eigenvalue weighted by Crippen LogP contribution is 2.31. The summed E-state index contributed by atoms with van der Waals surface area (Å²) in [6.07, 6.45) is -0.116. The summed E-state index contributed by atoms with van der Waals surface area (Å²) in [5.41, 5.74) is 3.01. The molecule has 5 heteroatoms. The van der Waals surface area contributed by atoms with Crippen molar-refractivity contribution >= 4 is 11.7 Å². The summed E-state index contributed by atoms with van der Waals surface area (Å²) >= 11 is 0. The lowest BCUT2D eigenvalue weighted by Crippen LogP contribution is -2.37. The largest absolute Gasteiger partial charge is 0.348 e. The molecular weight excluding hydrogens is 292 g/mol. The average molecular weight is 320 g/mol. The van der Waals surface area contributed by atoms with Gasteiger partial charge in [-0.15, -0.1) is 0 Å². The zero-order valence-electron chi connectivity index (χ0n) is 14.9. The second kappa shape index (κ2) is 6.49. The minimum atomic E-state index is -0.571. The van der Waals surface area contributed by atoms with E-state index in [0.29, 0.717) is 13.2 Å². The first-order valence-corrected chi connectivity index (χ1v) is 8.05. The standard InChI is InChI=1S/C18H28N2O3/c1-12-8-7-9-14(17(2,3)4)15(12)20-16(21)19-10-13-11-22-18(5,6)23-13/h7-9,13H,10-11H2,1-6H3,(H2,19,20,21). The van der Waals surface area contributed by atoms with Crippen LogP contribution in [0, 0.1) is 6.92 Å². The van der Waals surface area contributed by atoms with Gasteiger partial charge in [0, 0.05) is 12.2 Å². The lowest BCUT2D eigenvalue weighted by molar-refractivity contribution is -0.137. The van der Waals surface area contributed by atoms with E-state index in [1.165, 1.54) is 0 Å². The van der Waals surface area contributed by atoms with Crippen molar-refractivity contribution in [3.05, 3.63) is 29.3 Å². The van der Waals surface area contributed by atoms with Crippen molar-refractivity contribution < 1.29 is 14.3 Å². The van der Waals surface area contributed by atoms with E-state index in [1.54, 1.807) is 0 Å². The molecule has 1 aromatic rings. The summed E-state index contributed by atoms with van der Waals surface area (Å²) in [6, 6.07) is 5.85. The van der Waals surface area contributed by atoms with Gasteiger partial charge in [-0.05, 0) is 37.3 Å². The highest BCUT2D eigenvalue weighted by molar-refractivity contribution is 5.91. The molecule has 2 amide bonds. The molecule has 0 saturated carbocycles. The van der Waals surface area contributed by atoms with Crippen molar-refractivity contribution in [2.24, 2.45) is 0 Å². The van der Waals surface area contributed by atoms with E-state index >= 15 is 0 Å². The monoisotopic (exact) mass is 320 g/mol. The van der Waals surface area contributed by atoms with Gasteiger partial charge in [0.15, 0.2) is 5.79 Å². The SMILES string of the molecule is Cc1cccc(C(C)(C)C)c1NC(=O)NCC1COC(C)(C)O1. The van der Waals surface area contributed by atoms with E-state index < -0.39 is 5.79 Å². The Hall–Kier alpha value is -1.59. The Morgan fingerprint density at radius 1 is 1.35 bits per heavy atom. The van der Waals surface area contributed by atoms with E-state index in [4.69, 9.17) is 9.47 Å². The highest BCUT2D eigenvalue weighted by Gasteiger charge is 2.32. The van der Waals surface area contributed by atoms with Crippen LogP contribution in [0.25, 0.3) is 0 Å². The molecule has 0 aromatic heterocycles. The van der Waals surface area contributed by atoms with Crippen molar-refractivity contribution in [1.82, 2.24) is 5.32 Å². The maximum absolute atomic E-state index is 12.2. The van der Waals surface area contributed by atoms with Gasteiger partial charge in [-0.3, -0.25) is 0 Å². The van der Waals surface area contributed by atoms with E-state index in [-0.39, 0.29) is 17.6 Å². The molecule has 1 unspecified atom stereocenters. The molecule has 2 N–H and O–H groups in total. The number of ether oxygens (including phenoxy) is 2. The number of carbonyl (C=O) groups is 1. The highest BCUT2D eigenvalue weighted by atomic mass is 16.7. The van der Waals surface area contributed by atoms with Crippen molar-refractivity contribution in [2.45, 2.75) is 58.8 Å². The molecule has 1 fully saturated rings. The number of nitrogens with one attached hydrogen (secondary N) is 2. The van der Waals surface area contributed by atoms with Gasteiger partial charge in [0.05, 0.1) is 6.61 Å². The normalized spacial score (nSPS) is 20.3. The van der Waals surface area contributed by atoms with Crippen LogP contribution in [0.3, 0.4) is 0 Å². The van der Waals surface area contributed by atoms with Gasteiger partial charge in [-0.1, -0.05) is 39.0 Å². The number of carbonyl (C=O) groups excluding carboxylic acids is 1. The molecule has 1 atom stereocenters. The smallest absolute Gasteiger partial charge is 0.319 e. The van der Waals surface area contributed by atoms with Crippen LogP contribution < -0.4 is 10.6 Å². The third-order valence-electron chi connectivity index (χ3n) is 3.88. The lowest BCUT2D eigenvalue weighted by Gasteiger charge is -2.24. The zero-order chi connectivity index (χ0) is 17.3. The Labute approximate surface area is 138 Å². The van der Waals surface area contributed by atoms with Gasteiger partial charge in [0.25, 0.3) is 0 Å². The topological polar surface area (TPSA) is 59.6 Å². The maximum Gasteiger partial charge on any atom is 0.319 e. The average Bonchev–Trinajstić information content (AvgIpc) is 2.77. The van der Waals surface area contributed by atoms with Crippen molar-refractivity contribution in [1.29, 1.82) is 0 Å². The van der Waals surface area contributed by atoms with Gasteiger partial charge in [-0.2, -0.15) is 0 Å². The molecule has 1 heterocycles. The Kier molecular flexibility index (Phi) is 5.01. The predicted octanol–water partition coefficient (Wildman–Crippen LogP) is 3.57. The Balaban J connectivity index is 1.98. The van der Waals surface area contributed by atoms with Gasteiger partial charge < -0.3 is 20.1 Å². The van der Waals surface area contributed by atoms with Crippen LogP contribution >= 0.6 is 0 Å². The third-order valence-corrected chi connectivity index (χ3v) is 3.88. The minimum Gasteiger partial charge on any atom is -0.348 e. The number of urea groups is 1. The summed E-state index contributed by atoms with van der Waals surface area (Å²) in [7, 11) is 0. The summed E-state index contributed by atoms with van der Waals surface area (Å²) in [4.78, 5) is 12.2. The molecule has 1 saturated heterocycles. The summed E-state index contributed by atoms with van der Waals surface area (Å²) in [5, 5.41) is 5.85. The molecule has 1 aromatic carbocycles. The fourth-order valence-corrected chi connectivity index (χ4v) is 2.69. The van der Waals surface area contributed by atoms with E-state index in [9.17, 15) is 4.79 Å². The Bertz CT molecular complexity index is 576. The second-order valence-corrected chi connectivity index (χ2v) is 7.53. The number of amides is 2. The first-order chi connectivity index (χ1) is 10.6. The molecule has 1 aliphatic heterocycles. The minimum absolute atomic E-state index is 0.0406. The molecule has 2 rings (SSSR count). The van der Waals surface area contributed by atoms with Gasteiger partial charge >= 0.3 is 6.03 Å². The quantitative estimate of drug-likeness (QED) is 0.895. The number of hydrogen-bond acceptors (Lipinski definition) is 3. The van der Waals surface area contributed by atoms with Crippen LogP contribution in [-0.2, 0) is 14.9 Å². The van der Waals surface area contributed by atoms with Crippen LogP contribution in [0.1, 0.15) is 45.7 Å². The first-order valence-electron chi connectivity index (χ1n) is 8.05. The fourth-order valence-electron chi connectivity index (χ4n) is 2.69. The molecular formula is C18H28N2O3. The van der Waals surface area contributed by atoms with Gasteiger partial charge in [-0.25, -0.2) is 4.79 Å². The lowest BCUT2D eigenvalue weighted by atomic mass is 9.84. The van der Waals surface area contributed by atoms with Gasteiger partial charge in [0.2, 0.25) is 0 Å². The van der Waals surface area contributed by atoms with Crippen molar-refractivity contribution in [3.8, 4) is 0 Å². The predicted molar refractivity (Wildman–Crippen MR) is 91.8 cm³/mol. The molecule has 128 valence electrons. The number of aryl methyl sites for hydroxylation is 1. The molecule has 23 heavy (non-hydrogen) atoms. The van der Waals surface area contributed by atoms with Crippen LogP contribution in [0.2, 0.25) is 0 Å². The summed E-state index contributed by atoms with van der Waals surface area (Å²) < 4.78 is 11.2.